The fourth-order valence-corrected chi connectivity index (χ4v) is 3.60. The van der Waals surface area contributed by atoms with Crippen molar-refractivity contribution in [3.63, 3.8) is 0 Å². The summed E-state index contributed by atoms with van der Waals surface area (Å²) >= 11 is 0. The summed E-state index contributed by atoms with van der Waals surface area (Å²) in [7, 11) is 0. The van der Waals surface area contributed by atoms with Crippen LogP contribution in [0.4, 0.5) is 11.4 Å². The molecule has 1 fully saturated rings. The van der Waals surface area contributed by atoms with E-state index in [2.05, 4.69) is 5.32 Å². The number of nitrogens with zero attached hydrogens (tertiary/aromatic N) is 2. The third-order valence-electron chi connectivity index (χ3n) is 5.32. The molecular weight excluding hydrogens is 402 g/mol. The van der Waals surface area contributed by atoms with Crippen LogP contribution >= 0.6 is 0 Å². The molecule has 4 rings (SSSR count). The van der Waals surface area contributed by atoms with E-state index in [1.165, 1.54) is 18.2 Å². The maximum Gasteiger partial charge on any atom is 0.270 e. The molecule has 0 bridgehead atoms. The Morgan fingerprint density at radius 1 is 1.10 bits per heavy atom. The second-order valence-electron chi connectivity index (χ2n) is 7.34. The minimum Gasteiger partial charge on any atom is -0.454 e. The first-order chi connectivity index (χ1) is 15.0. The summed E-state index contributed by atoms with van der Waals surface area (Å²) in [6.07, 6.45) is 4.10. The van der Waals surface area contributed by atoms with Gasteiger partial charge < -0.3 is 19.7 Å². The molecule has 160 valence electrons. The Kier molecular flexibility index (Phi) is 5.83. The summed E-state index contributed by atoms with van der Waals surface area (Å²) in [5.41, 5.74) is 1.21. The molecule has 2 aromatic carbocycles. The lowest BCUT2D eigenvalue weighted by molar-refractivity contribution is -0.384. The monoisotopic (exact) mass is 423 g/mol. The summed E-state index contributed by atoms with van der Waals surface area (Å²) in [6, 6.07) is 11.3. The van der Waals surface area contributed by atoms with Gasteiger partial charge in [0.05, 0.1) is 4.92 Å². The van der Waals surface area contributed by atoms with Crippen LogP contribution in [0.1, 0.15) is 18.4 Å². The molecule has 2 aliphatic heterocycles. The number of carbonyl (C=O) groups is 2. The average Bonchev–Trinajstić information content (AvgIpc) is 3.25. The van der Waals surface area contributed by atoms with Crippen molar-refractivity contribution in [2.45, 2.75) is 12.8 Å². The van der Waals surface area contributed by atoms with Crippen molar-refractivity contribution in [1.29, 1.82) is 0 Å². The largest absolute Gasteiger partial charge is 0.454 e. The molecule has 0 saturated carbocycles. The Labute approximate surface area is 178 Å². The van der Waals surface area contributed by atoms with E-state index in [4.69, 9.17) is 9.47 Å². The van der Waals surface area contributed by atoms with Gasteiger partial charge in [-0.05, 0) is 36.6 Å². The van der Waals surface area contributed by atoms with Crippen molar-refractivity contribution >= 4 is 29.3 Å². The highest BCUT2D eigenvalue weighted by Crippen LogP contribution is 2.34. The van der Waals surface area contributed by atoms with Crippen molar-refractivity contribution in [1.82, 2.24) is 4.90 Å². The number of nitro benzene ring substituents is 1. The smallest absolute Gasteiger partial charge is 0.270 e. The van der Waals surface area contributed by atoms with Crippen LogP contribution in [0.25, 0.3) is 6.08 Å². The molecule has 1 saturated heterocycles. The van der Waals surface area contributed by atoms with Crippen LogP contribution in [0.5, 0.6) is 11.5 Å². The van der Waals surface area contributed by atoms with Crippen molar-refractivity contribution in [2.24, 2.45) is 5.92 Å². The van der Waals surface area contributed by atoms with E-state index in [1.807, 2.05) is 0 Å². The molecule has 2 aliphatic rings. The van der Waals surface area contributed by atoms with Crippen LogP contribution in [0.3, 0.4) is 0 Å². The molecule has 0 radical (unpaired) electrons. The summed E-state index contributed by atoms with van der Waals surface area (Å²) in [5.74, 6) is 0.811. The zero-order valence-corrected chi connectivity index (χ0v) is 16.7. The van der Waals surface area contributed by atoms with E-state index in [0.717, 1.165) is 0 Å². The molecule has 0 atom stereocenters. The number of nitrogens with one attached hydrogen (secondary N) is 1. The maximum atomic E-state index is 12.6. The van der Waals surface area contributed by atoms with Crippen molar-refractivity contribution in [3.05, 3.63) is 64.2 Å². The van der Waals surface area contributed by atoms with E-state index >= 15 is 0 Å². The molecule has 2 heterocycles. The molecule has 2 amide bonds. The first kappa shape index (κ1) is 20.4. The Morgan fingerprint density at radius 2 is 1.87 bits per heavy atom. The highest BCUT2D eigenvalue weighted by Gasteiger charge is 2.27. The number of anilines is 1. The van der Waals surface area contributed by atoms with Gasteiger partial charge in [0, 0.05) is 49.0 Å². The number of hydrogen-bond acceptors (Lipinski definition) is 6. The topological polar surface area (TPSA) is 111 Å². The Hall–Kier alpha value is -3.88. The highest BCUT2D eigenvalue weighted by molar-refractivity contribution is 5.94. The number of carbonyl (C=O) groups excluding carboxylic acids is 2. The van der Waals surface area contributed by atoms with E-state index in [9.17, 15) is 19.7 Å². The van der Waals surface area contributed by atoms with Crippen LogP contribution in [-0.2, 0) is 9.59 Å². The molecule has 9 nitrogen and oxygen atoms in total. The van der Waals surface area contributed by atoms with Gasteiger partial charge in [-0.1, -0.05) is 12.1 Å². The number of nitro groups is 1. The van der Waals surface area contributed by atoms with Crippen molar-refractivity contribution in [3.8, 4) is 11.5 Å². The lowest BCUT2D eigenvalue weighted by Gasteiger charge is -2.30. The lowest BCUT2D eigenvalue weighted by Crippen LogP contribution is -2.40. The van der Waals surface area contributed by atoms with E-state index in [1.54, 1.807) is 41.3 Å². The number of ether oxygens (including phenoxy) is 2. The first-order valence-corrected chi connectivity index (χ1v) is 9.91. The zero-order chi connectivity index (χ0) is 21.8. The summed E-state index contributed by atoms with van der Waals surface area (Å²) in [5, 5.41) is 13.8. The van der Waals surface area contributed by atoms with Crippen molar-refractivity contribution < 1.29 is 24.0 Å². The number of fused-ring (bicyclic) bond motifs is 1. The summed E-state index contributed by atoms with van der Waals surface area (Å²) in [4.78, 5) is 37.1. The Morgan fingerprint density at radius 3 is 2.65 bits per heavy atom. The van der Waals surface area contributed by atoms with E-state index < -0.39 is 4.92 Å². The zero-order valence-electron chi connectivity index (χ0n) is 16.7. The number of piperidine rings is 1. The Balaban J connectivity index is 1.29. The number of rotatable bonds is 5. The number of hydrogen-bond donors (Lipinski definition) is 1. The molecule has 2 aromatic rings. The SMILES string of the molecule is O=C(Nc1ccc2c(c1)OCO2)C1CCN(C(=O)/C=C/c2cccc([N+](=O)[O-])c2)CC1. The average molecular weight is 423 g/mol. The van der Waals surface area contributed by atoms with Gasteiger partial charge in [-0.3, -0.25) is 19.7 Å². The molecule has 9 heteroatoms. The van der Waals surface area contributed by atoms with Gasteiger partial charge in [0.1, 0.15) is 0 Å². The molecule has 0 aliphatic carbocycles. The van der Waals surface area contributed by atoms with Crippen LogP contribution in [0.15, 0.2) is 48.5 Å². The second kappa shape index (κ2) is 8.86. The van der Waals surface area contributed by atoms with E-state index in [-0.39, 0.29) is 30.2 Å². The summed E-state index contributed by atoms with van der Waals surface area (Å²) < 4.78 is 10.6. The highest BCUT2D eigenvalue weighted by atomic mass is 16.7. The lowest BCUT2D eigenvalue weighted by atomic mass is 9.95. The van der Waals surface area contributed by atoms with Gasteiger partial charge in [0.25, 0.3) is 5.69 Å². The third-order valence-corrected chi connectivity index (χ3v) is 5.32. The fourth-order valence-electron chi connectivity index (χ4n) is 3.60. The van der Waals surface area contributed by atoms with Gasteiger partial charge in [-0.2, -0.15) is 0 Å². The van der Waals surface area contributed by atoms with Crippen LogP contribution in [-0.4, -0.2) is 41.5 Å². The molecule has 0 unspecified atom stereocenters. The fraction of sp³-hybridized carbons (Fsp3) is 0.273. The molecule has 0 spiro atoms. The van der Waals surface area contributed by atoms with Gasteiger partial charge in [-0.25, -0.2) is 0 Å². The molecule has 1 N–H and O–H groups in total. The Bertz CT molecular complexity index is 1040. The van der Waals surface area contributed by atoms with Gasteiger partial charge in [-0.15, -0.1) is 0 Å². The predicted octanol–water partition coefficient (Wildman–Crippen LogP) is 3.21. The van der Waals surface area contributed by atoms with Crippen LogP contribution < -0.4 is 14.8 Å². The maximum absolute atomic E-state index is 12.6. The second-order valence-corrected chi connectivity index (χ2v) is 7.34. The molecule has 31 heavy (non-hydrogen) atoms. The molecular formula is C22H21N3O6. The van der Waals surface area contributed by atoms with Gasteiger partial charge in [0.2, 0.25) is 18.6 Å². The van der Waals surface area contributed by atoms with Gasteiger partial charge >= 0.3 is 0 Å². The number of likely N-dealkylation sites (tertiary alicyclic amines) is 1. The summed E-state index contributed by atoms with van der Waals surface area (Å²) in [6.45, 7) is 1.11. The third kappa shape index (κ3) is 4.82. The van der Waals surface area contributed by atoms with E-state index in [0.29, 0.717) is 48.7 Å². The number of non-ortho nitro benzene ring substituents is 1. The first-order valence-electron chi connectivity index (χ1n) is 9.91. The van der Waals surface area contributed by atoms with Gasteiger partial charge in [0.15, 0.2) is 11.5 Å². The van der Waals surface area contributed by atoms with Crippen LogP contribution in [0, 0.1) is 16.0 Å². The quantitative estimate of drug-likeness (QED) is 0.449. The minimum absolute atomic E-state index is 0.0242. The minimum atomic E-state index is -0.474. The predicted molar refractivity (Wildman–Crippen MR) is 113 cm³/mol. The number of benzene rings is 2. The standard InChI is InChI=1S/C22H21N3O6/c26-21(7-4-15-2-1-3-18(12-15)25(28)29)24-10-8-16(9-11-24)22(27)23-17-5-6-19-20(13-17)31-14-30-19/h1-7,12-13,16H,8-11,14H2,(H,23,27)/b7-4+. The normalized spacial score (nSPS) is 15.8. The molecule has 0 aromatic heterocycles. The number of amides is 2. The van der Waals surface area contributed by atoms with Crippen molar-refractivity contribution in [2.75, 3.05) is 25.2 Å². The van der Waals surface area contributed by atoms with Crippen LogP contribution in [0.2, 0.25) is 0 Å².